The number of fused-ring (bicyclic) bond motifs is 3. The highest BCUT2D eigenvalue weighted by Crippen LogP contribution is 2.36. The molecule has 5 aliphatic rings. The smallest absolute Gasteiger partial charge is 0.231 e. The van der Waals surface area contributed by atoms with Crippen LogP contribution in [0.15, 0.2) is 30.5 Å². The topological polar surface area (TPSA) is 88.2 Å². The van der Waals surface area contributed by atoms with Gasteiger partial charge >= 0.3 is 0 Å². The van der Waals surface area contributed by atoms with Gasteiger partial charge in [0.2, 0.25) is 5.91 Å². The van der Waals surface area contributed by atoms with Crippen molar-refractivity contribution in [2.45, 2.75) is 63.1 Å². The second-order valence-electron chi connectivity index (χ2n) is 11.6. The number of rotatable bonds is 6. The third-order valence-electron chi connectivity index (χ3n) is 9.49. The number of para-hydroxylation sites is 2. The Balaban J connectivity index is 1.04. The first-order valence-electron chi connectivity index (χ1n) is 14.2. The number of nitrogens with one attached hydrogen (secondary N) is 1. The van der Waals surface area contributed by atoms with Crippen LogP contribution < -0.4 is 14.5 Å². The predicted molar refractivity (Wildman–Crippen MR) is 139 cm³/mol. The second-order valence-corrected chi connectivity index (χ2v) is 11.6. The van der Waals surface area contributed by atoms with Crippen molar-refractivity contribution in [3.8, 4) is 5.75 Å². The van der Waals surface area contributed by atoms with E-state index in [2.05, 4.69) is 26.2 Å². The van der Waals surface area contributed by atoms with Gasteiger partial charge in [-0.15, -0.1) is 5.10 Å². The molecule has 1 aliphatic carbocycles. The lowest BCUT2D eigenvalue weighted by Gasteiger charge is -2.48. The van der Waals surface area contributed by atoms with E-state index in [0.717, 1.165) is 101 Å². The Hall–Kier alpha value is -2.65. The number of methoxy groups -OCH3 is 1. The maximum absolute atomic E-state index is 13.6. The van der Waals surface area contributed by atoms with Gasteiger partial charge in [0.05, 0.1) is 44.5 Å². The van der Waals surface area contributed by atoms with Crippen LogP contribution in [-0.4, -0.2) is 83.3 Å². The number of quaternary nitrogens is 1. The second kappa shape index (κ2) is 10.3. The average molecular weight is 510 g/mol. The number of hydrogen-bond acceptors (Lipinski definition) is 6. The van der Waals surface area contributed by atoms with E-state index in [1.54, 1.807) is 7.11 Å². The number of aliphatic hydroxyl groups is 1. The summed E-state index contributed by atoms with van der Waals surface area (Å²) in [5.74, 6) is 1.82. The molecule has 4 aliphatic heterocycles. The minimum Gasteiger partial charge on any atom is -0.495 e. The van der Waals surface area contributed by atoms with E-state index in [1.807, 2.05) is 29.1 Å². The first-order chi connectivity index (χ1) is 18.0. The van der Waals surface area contributed by atoms with Crippen LogP contribution in [0.1, 0.15) is 50.6 Å². The molecule has 9 heteroatoms. The van der Waals surface area contributed by atoms with Gasteiger partial charge in [-0.3, -0.25) is 4.79 Å². The van der Waals surface area contributed by atoms with Gasteiger partial charge < -0.3 is 24.5 Å². The fourth-order valence-electron chi connectivity index (χ4n) is 7.31. The molecule has 4 atom stereocenters. The molecule has 2 bridgehead atoms. The lowest BCUT2D eigenvalue weighted by atomic mass is 9.75. The molecule has 9 nitrogen and oxygen atoms in total. The highest BCUT2D eigenvalue weighted by atomic mass is 16.5. The highest BCUT2D eigenvalue weighted by Gasteiger charge is 2.48. The van der Waals surface area contributed by atoms with E-state index in [1.165, 1.54) is 11.3 Å². The summed E-state index contributed by atoms with van der Waals surface area (Å²) in [4.78, 5) is 19.6. The number of piperidine rings is 3. The van der Waals surface area contributed by atoms with E-state index in [9.17, 15) is 9.90 Å². The number of piperazine rings is 1. The number of amides is 1. The SMILES string of the molecule is COc1ccccc1N1CCN(C(=O)[C@H]2C[NH+]3CC[C@@H]2C[C@@H]3Cn2cc(C3(O)CCCCC3)nn2)CC1. The summed E-state index contributed by atoms with van der Waals surface area (Å²) in [5, 5.41) is 19.8. The molecule has 1 aromatic carbocycles. The molecule has 4 saturated heterocycles. The van der Waals surface area contributed by atoms with Crippen LogP contribution in [0.3, 0.4) is 0 Å². The minimum absolute atomic E-state index is 0.132. The number of hydrogen-bond donors (Lipinski definition) is 2. The molecule has 2 N–H and O–H groups in total. The number of carbonyl (C=O) groups excluding carboxylic acids is 1. The number of ether oxygens (including phenoxy) is 1. The Labute approximate surface area is 219 Å². The lowest BCUT2D eigenvalue weighted by molar-refractivity contribution is -0.945. The molecule has 200 valence electrons. The standard InChI is InChI=1S/C28H40N6O3/c1-37-25-8-4-3-7-24(25)31-13-15-32(16-14-31)27(35)23-19-33-12-9-21(23)17-22(33)18-34-20-26(29-30-34)28(36)10-5-2-6-11-28/h3-4,7-8,20-23,36H,2,5-6,9-19H2,1H3/p+1/t21-,22-,23+/m1/s1. The van der Waals surface area contributed by atoms with Crippen LogP contribution in [0.2, 0.25) is 0 Å². The first kappa shape index (κ1) is 24.7. The molecule has 7 rings (SSSR count). The van der Waals surface area contributed by atoms with Crippen molar-refractivity contribution >= 4 is 11.6 Å². The van der Waals surface area contributed by atoms with Crippen molar-refractivity contribution in [1.82, 2.24) is 19.9 Å². The third kappa shape index (κ3) is 4.83. The molecule has 2 aromatic rings. The molecule has 37 heavy (non-hydrogen) atoms. The van der Waals surface area contributed by atoms with E-state index in [4.69, 9.17) is 4.74 Å². The van der Waals surface area contributed by atoms with Gasteiger partial charge in [0.15, 0.2) is 0 Å². The zero-order valence-corrected chi connectivity index (χ0v) is 22.0. The number of anilines is 1. The summed E-state index contributed by atoms with van der Waals surface area (Å²) >= 11 is 0. The fourth-order valence-corrected chi connectivity index (χ4v) is 7.31. The van der Waals surface area contributed by atoms with Gasteiger partial charge in [0.1, 0.15) is 23.1 Å². The molecule has 0 radical (unpaired) electrons. The van der Waals surface area contributed by atoms with E-state index in [-0.39, 0.29) is 5.92 Å². The minimum atomic E-state index is -0.803. The average Bonchev–Trinajstić information content (AvgIpc) is 3.43. The largest absolute Gasteiger partial charge is 0.495 e. The van der Waals surface area contributed by atoms with Crippen LogP contribution in [0.5, 0.6) is 5.75 Å². The molecule has 0 spiro atoms. The number of nitrogens with zero attached hydrogens (tertiary/aromatic N) is 5. The molecule has 5 heterocycles. The van der Waals surface area contributed by atoms with Gasteiger partial charge in [0, 0.05) is 39.0 Å². The van der Waals surface area contributed by atoms with E-state index < -0.39 is 5.60 Å². The fraction of sp³-hybridized carbons (Fsp3) is 0.679. The van der Waals surface area contributed by atoms with E-state index in [0.29, 0.717) is 17.9 Å². The quantitative estimate of drug-likeness (QED) is 0.606. The predicted octanol–water partition coefficient (Wildman–Crippen LogP) is 1.08. The van der Waals surface area contributed by atoms with Crippen molar-refractivity contribution in [3.05, 3.63) is 36.2 Å². The van der Waals surface area contributed by atoms with Crippen molar-refractivity contribution in [3.63, 3.8) is 0 Å². The Morgan fingerprint density at radius 1 is 1.16 bits per heavy atom. The maximum atomic E-state index is 13.6. The van der Waals surface area contributed by atoms with Crippen molar-refractivity contribution < 1.29 is 19.5 Å². The summed E-state index contributed by atoms with van der Waals surface area (Å²) in [6.07, 6.45) is 9.02. The molecule has 5 fully saturated rings. The van der Waals surface area contributed by atoms with Crippen molar-refractivity contribution in [1.29, 1.82) is 0 Å². The molecule has 1 saturated carbocycles. The van der Waals surface area contributed by atoms with Crippen molar-refractivity contribution in [2.75, 3.05) is 51.3 Å². The molecular formula is C28H41N6O3+. The Morgan fingerprint density at radius 3 is 2.68 bits per heavy atom. The molecule has 1 unspecified atom stereocenters. The summed E-state index contributed by atoms with van der Waals surface area (Å²) in [6, 6.07) is 8.59. The molecule has 1 aromatic heterocycles. The summed E-state index contributed by atoms with van der Waals surface area (Å²) in [5.41, 5.74) is 1.04. The van der Waals surface area contributed by atoms with Crippen LogP contribution in [-0.2, 0) is 16.9 Å². The van der Waals surface area contributed by atoms with Gasteiger partial charge in [-0.05, 0) is 30.9 Å². The van der Waals surface area contributed by atoms with Crippen LogP contribution in [0.4, 0.5) is 5.69 Å². The number of benzene rings is 1. The van der Waals surface area contributed by atoms with Gasteiger partial charge in [-0.1, -0.05) is 36.6 Å². The van der Waals surface area contributed by atoms with Crippen LogP contribution >= 0.6 is 0 Å². The Kier molecular flexibility index (Phi) is 6.84. The number of carbonyl (C=O) groups is 1. The monoisotopic (exact) mass is 509 g/mol. The maximum Gasteiger partial charge on any atom is 0.231 e. The highest BCUT2D eigenvalue weighted by molar-refractivity contribution is 5.80. The van der Waals surface area contributed by atoms with Gasteiger partial charge in [-0.25, -0.2) is 4.68 Å². The van der Waals surface area contributed by atoms with E-state index >= 15 is 0 Å². The molecular weight excluding hydrogens is 468 g/mol. The zero-order valence-electron chi connectivity index (χ0n) is 22.0. The third-order valence-corrected chi connectivity index (χ3v) is 9.49. The normalized spacial score (nSPS) is 29.4. The lowest BCUT2D eigenvalue weighted by Crippen LogP contribution is -3.20. The van der Waals surface area contributed by atoms with Crippen LogP contribution in [0, 0.1) is 11.8 Å². The molecule has 1 amide bonds. The number of aromatic nitrogens is 3. The summed E-state index contributed by atoms with van der Waals surface area (Å²) < 4.78 is 7.48. The van der Waals surface area contributed by atoms with Crippen molar-refractivity contribution in [2.24, 2.45) is 11.8 Å². The first-order valence-corrected chi connectivity index (χ1v) is 14.2. The van der Waals surface area contributed by atoms with Gasteiger partial charge in [-0.2, -0.15) is 0 Å². The summed E-state index contributed by atoms with van der Waals surface area (Å²) in [6.45, 7) is 6.08. The zero-order chi connectivity index (χ0) is 25.4. The Morgan fingerprint density at radius 2 is 1.95 bits per heavy atom. The summed E-state index contributed by atoms with van der Waals surface area (Å²) in [7, 11) is 1.71. The van der Waals surface area contributed by atoms with Crippen LogP contribution in [0.25, 0.3) is 0 Å². The van der Waals surface area contributed by atoms with Gasteiger partial charge in [0.25, 0.3) is 0 Å². The Bertz CT molecular complexity index is 1090.